The van der Waals surface area contributed by atoms with Crippen LogP contribution in [0.25, 0.3) is 0 Å². The molecule has 0 radical (unpaired) electrons. The molecule has 138 valence electrons. The molecule has 2 N–H and O–H groups in total. The number of nitrogens with zero attached hydrogens (tertiary/aromatic N) is 2. The predicted molar refractivity (Wildman–Crippen MR) is 105 cm³/mol. The van der Waals surface area contributed by atoms with E-state index in [1.165, 1.54) is 0 Å². The largest absolute Gasteiger partial charge is 0.439 e. The van der Waals surface area contributed by atoms with Crippen molar-refractivity contribution in [3.05, 3.63) is 46.7 Å². The highest BCUT2D eigenvalue weighted by Gasteiger charge is 2.36. The highest BCUT2D eigenvalue weighted by Crippen LogP contribution is 2.42. The molecule has 1 saturated heterocycles. The fraction of sp³-hybridized carbons (Fsp3) is 0.250. The molecule has 0 bridgehead atoms. The average molecular weight is 412 g/mol. The molecule has 2 heterocycles. The van der Waals surface area contributed by atoms with Gasteiger partial charge in [0.2, 0.25) is 5.88 Å². The van der Waals surface area contributed by atoms with Crippen molar-refractivity contribution in [3.63, 3.8) is 0 Å². The number of rotatable bonds is 4. The van der Waals surface area contributed by atoms with Gasteiger partial charge in [-0.1, -0.05) is 30.0 Å². The van der Waals surface area contributed by atoms with Crippen LogP contribution in [0.15, 0.2) is 41.1 Å². The van der Waals surface area contributed by atoms with Crippen LogP contribution in [0, 0.1) is 6.92 Å². The molecule has 3 rings (SSSR count). The van der Waals surface area contributed by atoms with Crippen LogP contribution in [0.5, 0.6) is 5.75 Å². The van der Waals surface area contributed by atoms with Crippen molar-refractivity contribution in [1.82, 2.24) is 4.90 Å². The molecule has 0 atom stereocenters. The second-order valence-electron chi connectivity index (χ2n) is 5.76. The van der Waals surface area contributed by atoms with E-state index in [4.69, 9.17) is 26.7 Å². The summed E-state index contributed by atoms with van der Waals surface area (Å²) in [5, 5.41) is 0. The summed E-state index contributed by atoms with van der Waals surface area (Å²) >= 11 is 6.06. The van der Waals surface area contributed by atoms with Gasteiger partial charge < -0.3 is 19.4 Å². The van der Waals surface area contributed by atoms with Crippen LogP contribution in [-0.4, -0.2) is 37.7 Å². The van der Waals surface area contributed by atoms with E-state index in [-0.39, 0.29) is 4.32 Å². The molecule has 7 nitrogen and oxygen atoms in total. The highest BCUT2D eigenvalue weighted by atomic mass is 32.2. The van der Waals surface area contributed by atoms with Crippen LogP contribution in [0.2, 0.25) is 0 Å². The Bertz CT molecular complexity index is 893. The molecule has 1 aromatic rings. The van der Waals surface area contributed by atoms with Crippen molar-refractivity contribution in [2.75, 3.05) is 17.7 Å². The number of carbonyl (C=O) groups is 1. The number of carbonyl (C=O) groups excluding carboxylic acids is 1. The maximum atomic E-state index is 12.3. The van der Waals surface area contributed by atoms with Crippen molar-refractivity contribution < 1.29 is 23.9 Å². The molecule has 26 heavy (non-hydrogen) atoms. The Morgan fingerprint density at radius 1 is 1.31 bits per heavy atom. The SMILES string of the molecule is CCN1/C(=C/C=C2/SC(=S)N(CP(=O)(O)O)C2=O)Oc2ccc(C)cc21. The molecule has 1 amide bonds. The zero-order valence-electron chi connectivity index (χ0n) is 14.1. The normalized spacial score (nSPS) is 20.3. The summed E-state index contributed by atoms with van der Waals surface area (Å²) in [5.41, 5.74) is 2.08. The fourth-order valence-electron chi connectivity index (χ4n) is 2.63. The van der Waals surface area contributed by atoms with Gasteiger partial charge in [0.1, 0.15) is 10.6 Å². The van der Waals surface area contributed by atoms with E-state index >= 15 is 0 Å². The van der Waals surface area contributed by atoms with Crippen LogP contribution >= 0.6 is 31.6 Å². The van der Waals surface area contributed by atoms with E-state index in [0.29, 0.717) is 17.3 Å². The topological polar surface area (TPSA) is 90.3 Å². The summed E-state index contributed by atoms with van der Waals surface area (Å²) in [7, 11) is -4.39. The van der Waals surface area contributed by atoms with Gasteiger partial charge in [-0.15, -0.1) is 0 Å². The highest BCUT2D eigenvalue weighted by molar-refractivity contribution is 8.26. The Kier molecular flexibility index (Phi) is 5.28. The molecule has 1 fully saturated rings. The summed E-state index contributed by atoms with van der Waals surface area (Å²) in [6.45, 7) is 4.69. The number of thiocarbonyl (C=S) groups is 1. The number of hydrogen-bond donors (Lipinski definition) is 2. The maximum absolute atomic E-state index is 12.3. The van der Waals surface area contributed by atoms with Gasteiger partial charge in [0.15, 0.2) is 5.75 Å². The molecular formula is C16H17N2O5PS2. The van der Waals surface area contributed by atoms with Gasteiger partial charge in [0, 0.05) is 12.6 Å². The summed E-state index contributed by atoms with van der Waals surface area (Å²) < 4.78 is 17.1. The summed E-state index contributed by atoms with van der Waals surface area (Å²) in [4.78, 5) is 33.7. The number of benzene rings is 1. The maximum Gasteiger partial charge on any atom is 0.345 e. The quantitative estimate of drug-likeness (QED) is 0.443. The van der Waals surface area contributed by atoms with Crippen LogP contribution in [0.3, 0.4) is 0 Å². The first-order chi connectivity index (χ1) is 12.2. The van der Waals surface area contributed by atoms with E-state index in [9.17, 15) is 9.36 Å². The molecule has 0 spiro atoms. The zero-order valence-corrected chi connectivity index (χ0v) is 16.6. The van der Waals surface area contributed by atoms with Crippen molar-refractivity contribution in [2.45, 2.75) is 13.8 Å². The Hall–Kier alpha value is -1.64. The fourth-order valence-corrected chi connectivity index (χ4v) is 4.65. The molecule has 2 aliphatic rings. The Morgan fingerprint density at radius 2 is 2.04 bits per heavy atom. The number of allylic oxidation sites excluding steroid dienone is 2. The van der Waals surface area contributed by atoms with E-state index in [1.54, 1.807) is 12.2 Å². The third kappa shape index (κ3) is 3.87. The van der Waals surface area contributed by atoms with Crippen LogP contribution in [-0.2, 0) is 9.36 Å². The van der Waals surface area contributed by atoms with Gasteiger partial charge in [0.05, 0.1) is 10.6 Å². The lowest BCUT2D eigenvalue weighted by molar-refractivity contribution is -0.121. The lowest BCUT2D eigenvalue weighted by Gasteiger charge is -2.15. The number of ether oxygens (including phenoxy) is 1. The van der Waals surface area contributed by atoms with Crippen molar-refractivity contribution in [2.24, 2.45) is 0 Å². The van der Waals surface area contributed by atoms with Gasteiger partial charge in [-0.25, -0.2) is 0 Å². The second-order valence-corrected chi connectivity index (χ2v) is 9.05. The second kappa shape index (κ2) is 7.17. The Balaban J connectivity index is 1.84. The first kappa shape index (κ1) is 19.1. The van der Waals surface area contributed by atoms with Crippen LogP contribution in [0.1, 0.15) is 12.5 Å². The van der Waals surface area contributed by atoms with Gasteiger partial charge in [-0.2, -0.15) is 0 Å². The van der Waals surface area contributed by atoms with E-state index in [2.05, 4.69) is 0 Å². The van der Waals surface area contributed by atoms with Crippen molar-refractivity contribution in [3.8, 4) is 5.75 Å². The molecule has 0 unspecified atom stereocenters. The number of thioether (sulfide) groups is 1. The molecule has 10 heteroatoms. The summed E-state index contributed by atoms with van der Waals surface area (Å²) in [5.74, 6) is 0.800. The molecular weight excluding hydrogens is 395 g/mol. The van der Waals surface area contributed by atoms with E-state index < -0.39 is 19.8 Å². The number of anilines is 1. The zero-order chi connectivity index (χ0) is 19.1. The van der Waals surface area contributed by atoms with Gasteiger partial charge in [-0.05, 0) is 37.6 Å². The Labute approximate surface area is 160 Å². The number of amides is 1. The molecule has 0 saturated carbocycles. The average Bonchev–Trinajstić information content (AvgIpc) is 3.03. The minimum absolute atomic E-state index is 0.126. The first-order valence-electron chi connectivity index (χ1n) is 7.76. The standard InChI is InChI=1S/C16H17N2O5PS2/c1-3-17-11-8-10(2)4-5-12(11)23-14(17)7-6-13-15(19)18(16(25)26-13)9-24(20,21)22/h4-8H,3,9H2,1-2H3,(H2,20,21,22)/b13-6+,14-7-. The number of hydrogen-bond acceptors (Lipinski definition) is 6. The van der Waals surface area contributed by atoms with Crippen molar-refractivity contribution in [1.29, 1.82) is 0 Å². The van der Waals surface area contributed by atoms with E-state index in [1.807, 2.05) is 36.9 Å². The molecule has 2 aliphatic heterocycles. The summed E-state index contributed by atoms with van der Waals surface area (Å²) in [6, 6.07) is 5.88. The smallest absolute Gasteiger partial charge is 0.345 e. The van der Waals surface area contributed by atoms with Crippen molar-refractivity contribution >= 4 is 47.5 Å². The predicted octanol–water partition coefficient (Wildman–Crippen LogP) is 2.93. The van der Waals surface area contributed by atoms with Crippen LogP contribution < -0.4 is 9.64 Å². The molecule has 0 aliphatic carbocycles. The van der Waals surface area contributed by atoms with Gasteiger partial charge in [-0.3, -0.25) is 14.3 Å². The Morgan fingerprint density at radius 3 is 2.69 bits per heavy atom. The monoisotopic (exact) mass is 412 g/mol. The summed E-state index contributed by atoms with van der Waals surface area (Å²) in [6.07, 6.45) is 2.52. The minimum Gasteiger partial charge on any atom is -0.439 e. The lowest BCUT2D eigenvalue weighted by Crippen LogP contribution is -2.29. The number of aryl methyl sites for hydroxylation is 1. The third-order valence-corrected chi connectivity index (χ3v) is 5.83. The lowest BCUT2D eigenvalue weighted by atomic mass is 10.2. The minimum atomic E-state index is -4.39. The van der Waals surface area contributed by atoms with Gasteiger partial charge in [0.25, 0.3) is 5.91 Å². The molecule has 1 aromatic carbocycles. The van der Waals surface area contributed by atoms with E-state index in [0.717, 1.165) is 33.7 Å². The van der Waals surface area contributed by atoms with Gasteiger partial charge >= 0.3 is 7.60 Å². The third-order valence-electron chi connectivity index (χ3n) is 3.78. The first-order valence-corrected chi connectivity index (χ1v) is 10.8. The van der Waals surface area contributed by atoms with Crippen LogP contribution in [0.4, 0.5) is 5.69 Å². The number of fused-ring (bicyclic) bond motifs is 1. The molecule has 0 aromatic heterocycles.